The molecule has 0 radical (unpaired) electrons. The first kappa shape index (κ1) is 17.5. The highest BCUT2D eigenvalue weighted by Crippen LogP contribution is 2.23. The highest BCUT2D eigenvalue weighted by molar-refractivity contribution is 6.30. The van der Waals surface area contributed by atoms with E-state index in [1.54, 1.807) is 24.3 Å². The molecule has 2 N–H and O–H groups in total. The van der Waals surface area contributed by atoms with Crippen LogP contribution in [0.3, 0.4) is 0 Å². The van der Waals surface area contributed by atoms with Crippen LogP contribution < -0.4 is 15.5 Å². The number of morpholine rings is 1. The summed E-state index contributed by atoms with van der Waals surface area (Å²) in [5, 5.41) is 6.00. The SMILES string of the molecule is O=C(NCc1ccc(Cl)cc1)Nc1ccc(N2CCOCC2)c(F)c1. The molecule has 132 valence electrons. The number of halogens is 2. The highest BCUT2D eigenvalue weighted by Gasteiger charge is 2.15. The third-order valence-corrected chi connectivity index (χ3v) is 4.18. The maximum absolute atomic E-state index is 14.3. The number of urea groups is 1. The van der Waals surface area contributed by atoms with Crippen LogP contribution in [0.1, 0.15) is 5.56 Å². The van der Waals surface area contributed by atoms with Gasteiger partial charge in [0.05, 0.1) is 18.9 Å². The Hall–Kier alpha value is -2.31. The van der Waals surface area contributed by atoms with Crippen LogP contribution in [0.15, 0.2) is 42.5 Å². The maximum Gasteiger partial charge on any atom is 0.319 e. The van der Waals surface area contributed by atoms with Gasteiger partial charge in [-0.15, -0.1) is 0 Å². The van der Waals surface area contributed by atoms with E-state index in [0.717, 1.165) is 5.56 Å². The van der Waals surface area contributed by atoms with Crippen LogP contribution in [0.25, 0.3) is 0 Å². The average molecular weight is 364 g/mol. The first-order valence-electron chi connectivity index (χ1n) is 8.03. The van der Waals surface area contributed by atoms with E-state index in [9.17, 15) is 9.18 Å². The quantitative estimate of drug-likeness (QED) is 0.872. The van der Waals surface area contributed by atoms with E-state index < -0.39 is 6.03 Å². The Morgan fingerprint density at radius 3 is 2.56 bits per heavy atom. The van der Waals surface area contributed by atoms with E-state index in [1.807, 2.05) is 17.0 Å². The summed E-state index contributed by atoms with van der Waals surface area (Å²) in [6.07, 6.45) is 0. The Morgan fingerprint density at radius 2 is 1.88 bits per heavy atom. The van der Waals surface area contributed by atoms with Gasteiger partial charge in [-0.25, -0.2) is 9.18 Å². The predicted octanol–water partition coefficient (Wildman–Crippen LogP) is 3.64. The van der Waals surface area contributed by atoms with Crippen molar-refractivity contribution in [1.82, 2.24) is 5.32 Å². The van der Waals surface area contributed by atoms with Crippen LogP contribution >= 0.6 is 11.6 Å². The molecule has 0 unspecified atom stereocenters. The lowest BCUT2D eigenvalue weighted by atomic mass is 10.2. The molecule has 1 saturated heterocycles. The van der Waals surface area contributed by atoms with Crippen LogP contribution in [0.2, 0.25) is 5.02 Å². The minimum atomic E-state index is -0.395. The van der Waals surface area contributed by atoms with Crippen molar-refractivity contribution in [3.8, 4) is 0 Å². The van der Waals surface area contributed by atoms with Crippen LogP contribution in [0, 0.1) is 5.82 Å². The molecule has 3 rings (SSSR count). The molecule has 0 bridgehead atoms. The smallest absolute Gasteiger partial charge is 0.319 e. The van der Waals surface area contributed by atoms with Gasteiger partial charge in [-0.3, -0.25) is 0 Å². The van der Waals surface area contributed by atoms with E-state index in [2.05, 4.69) is 10.6 Å². The van der Waals surface area contributed by atoms with Crippen LogP contribution in [0.4, 0.5) is 20.6 Å². The minimum Gasteiger partial charge on any atom is -0.378 e. The summed E-state index contributed by atoms with van der Waals surface area (Å²) in [6, 6.07) is 11.5. The fourth-order valence-corrected chi connectivity index (χ4v) is 2.73. The van der Waals surface area contributed by atoms with Gasteiger partial charge in [0.2, 0.25) is 0 Å². The van der Waals surface area contributed by atoms with E-state index in [-0.39, 0.29) is 5.82 Å². The fraction of sp³-hybridized carbons (Fsp3) is 0.278. The summed E-state index contributed by atoms with van der Waals surface area (Å²) >= 11 is 5.82. The molecule has 1 aliphatic heterocycles. The summed E-state index contributed by atoms with van der Waals surface area (Å²) in [5.41, 5.74) is 1.85. The van der Waals surface area contributed by atoms with E-state index in [1.165, 1.54) is 6.07 Å². The largest absolute Gasteiger partial charge is 0.378 e. The Morgan fingerprint density at radius 1 is 1.16 bits per heavy atom. The van der Waals surface area contributed by atoms with Gasteiger partial charge in [0.1, 0.15) is 5.82 Å². The monoisotopic (exact) mass is 363 g/mol. The molecular weight excluding hydrogens is 345 g/mol. The van der Waals surface area contributed by atoms with Crippen LogP contribution in [-0.4, -0.2) is 32.3 Å². The number of nitrogens with zero attached hydrogens (tertiary/aromatic N) is 1. The van der Waals surface area contributed by atoms with Gasteiger partial charge in [-0.2, -0.15) is 0 Å². The van der Waals surface area contributed by atoms with Crippen LogP contribution in [-0.2, 0) is 11.3 Å². The number of anilines is 2. The van der Waals surface area contributed by atoms with E-state index in [0.29, 0.717) is 49.2 Å². The summed E-state index contributed by atoms with van der Waals surface area (Å²) in [5.74, 6) is -0.364. The molecule has 2 aromatic carbocycles. The third kappa shape index (κ3) is 4.84. The molecule has 0 saturated carbocycles. The number of carbonyl (C=O) groups excluding carboxylic acids is 1. The number of benzene rings is 2. The zero-order chi connectivity index (χ0) is 17.6. The van der Waals surface area contributed by atoms with Crippen molar-refractivity contribution < 1.29 is 13.9 Å². The van der Waals surface area contributed by atoms with Crippen molar-refractivity contribution >= 4 is 29.0 Å². The third-order valence-electron chi connectivity index (χ3n) is 3.92. The lowest BCUT2D eigenvalue weighted by Gasteiger charge is -2.29. The van der Waals surface area contributed by atoms with Crippen molar-refractivity contribution in [2.75, 3.05) is 36.5 Å². The molecule has 25 heavy (non-hydrogen) atoms. The Balaban J connectivity index is 1.55. The average Bonchev–Trinajstić information content (AvgIpc) is 2.62. The van der Waals surface area contributed by atoms with E-state index >= 15 is 0 Å². The zero-order valence-electron chi connectivity index (χ0n) is 13.6. The first-order valence-corrected chi connectivity index (χ1v) is 8.41. The Labute approximate surface area is 150 Å². The lowest BCUT2D eigenvalue weighted by Crippen LogP contribution is -2.36. The summed E-state index contributed by atoms with van der Waals surface area (Å²) in [7, 11) is 0. The molecule has 0 atom stereocenters. The second-order valence-electron chi connectivity index (χ2n) is 5.70. The van der Waals surface area contributed by atoms with Gasteiger partial charge in [0, 0.05) is 30.3 Å². The van der Waals surface area contributed by atoms with E-state index in [4.69, 9.17) is 16.3 Å². The Bertz CT molecular complexity index is 734. The normalized spacial score (nSPS) is 14.2. The van der Waals surface area contributed by atoms with Gasteiger partial charge in [-0.05, 0) is 35.9 Å². The zero-order valence-corrected chi connectivity index (χ0v) is 14.4. The van der Waals surface area contributed by atoms with Crippen molar-refractivity contribution in [3.05, 3.63) is 58.9 Å². The fourth-order valence-electron chi connectivity index (χ4n) is 2.61. The molecule has 1 aliphatic rings. The number of ether oxygens (including phenoxy) is 1. The highest BCUT2D eigenvalue weighted by atomic mass is 35.5. The minimum absolute atomic E-state index is 0.358. The number of rotatable bonds is 4. The number of amides is 2. The standard InChI is InChI=1S/C18H19ClFN3O2/c19-14-3-1-13(2-4-14)12-21-18(24)22-15-5-6-17(16(20)11-15)23-7-9-25-10-8-23/h1-6,11H,7-10,12H2,(H2,21,22,24). The maximum atomic E-state index is 14.3. The molecule has 2 aromatic rings. The number of hydrogen-bond acceptors (Lipinski definition) is 3. The van der Waals surface area contributed by atoms with Gasteiger partial charge in [0.25, 0.3) is 0 Å². The first-order chi connectivity index (χ1) is 12.1. The number of hydrogen-bond donors (Lipinski definition) is 2. The molecular formula is C18H19ClFN3O2. The molecule has 1 fully saturated rings. The topological polar surface area (TPSA) is 53.6 Å². The molecule has 0 spiro atoms. The molecule has 0 aromatic heterocycles. The van der Waals surface area contributed by atoms with Gasteiger partial charge < -0.3 is 20.3 Å². The number of nitrogens with one attached hydrogen (secondary N) is 2. The Kier molecular flexibility index (Phi) is 5.73. The molecule has 1 heterocycles. The van der Waals surface area contributed by atoms with Gasteiger partial charge in [-0.1, -0.05) is 23.7 Å². The van der Waals surface area contributed by atoms with Crippen molar-refractivity contribution in [2.24, 2.45) is 0 Å². The summed E-state index contributed by atoms with van der Waals surface area (Å²) in [4.78, 5) is 13.9. The van der Waals surface area contributed by atoms with Crippen LogP contribution in [0.5, 0.6) is 0 Å². The second-order valence-corrected chi connectivity index (χ2v) is 6.14. The van der Waals surface area contributed by atoms with Crippen molar-refractivity contribution in [1.29, 1.82) is 0 Å². The lowest BCUT2D eigenvalue weighted by molar-refractivity contribution is 0.122. The second kappa shape index (κ2) is 8.18. The summed E-state index contributed by atoms with van der Waals surface area (Å²) in [6.45, 7) is 2.85. The summed E-state index contributed by atoms with van der Waals surface area (Å²) < 4.78 is 19.6. The molecule has 0 aliphatic carbocycles. The van der Waals surface area contributed by atoms with Crippen molar-refractivity contribution in [2.45, 2.75) is 6.54 Å². The molecule has 7 heteroatoms. The van der Waals surface area contributed by atoms with Gasteiger partial charge in [0.15, 0.2) is 0 Å². The van der Waals surface area contributed by atoms with Gasteiger partial charge >= 0.3 is 6.03 Å². The molecule has 2 amide bonds. The molecule has 5 nitrogen and oxygen atoms in total. The predicted molar refractivity (Wildman–Crippen MR) is 96.7 cm³/mol. The van der Waals surface area contributed by atoms with Crippen molar-refractivity contribution in [3.63, 3.8) is 0 Å². The number of carbonyl (C=O) groups is 1.